The van der Waals surface area contributed by atoms with Crippen molar-refractivity contribution in [3.8, 4) is 0 Å². The van der Waals surface area contributed by atoms with Gasteiger partial charge in [0.2, 0.25) is 0 Å². The first-order valence-electron chi connectivity index (χ1n) is 17.3. The Hall–Kier alpha value is -5.15. The highest BCUT2D eigenvalue weighted by Crippen LogP contribution is 2.32. The van der Waals surface area contributed by atoms with Crippen molar-refractivity contribution in [3.63, 3.8) is 0 Å². The number of aryl methyl sites for hydroxylation is 2. The number of alkyl halides is 3. The number of halogens is 4. The second-order valence-corrected chi connectivity index (χ2v) is 13.1. The maximum atomic E-state index is 13.5. The number of rotatable bonds is 13. The van der Waals surface area contributed by atoms with E-state index < -0.39 is 67.2 Å². The van der Waals surface area contributed by atoms with Gasteiger partial charge in [-0.3, -0.25) is 15.4 Å². The van der Waals surface area contributed by atoms with Gasteiger partial charge in [0.15, 0.2) is 18.5 Å². The van der Waals surface area contributed by atoms with Crippen molar-refractivity contribution in [1.29, 1.82) is 0 Å². The largest absolute Gasteiger partial charge is 0.455 e. The Morgan fingerprint density at radius 3 is 1.85 bits per heavy atom. The lowest BCUT2D eigenvalue weighted by molar-refractivity contribution is -0.311. The third-order valence-corrected chi connectivity index (χ3v) is 8.64. The molecule has 0 aliphatic carbocycles. The summed E-state index contributed by atoms with van der Waals surface area (Å²) in [6.07, 6.45) is -13.4. The number of anilines is 2. The number of carbonyl (C=O) groups is 3. The van der Waals surface area contributed by atoms with Crippen LogP contribution in [-0.4, -0.2) is 62.1 Å². The van der Waals surface area contributed by atoms with Crippen LogP contribution in [0.15, 0.2) is 97.1 Å². The number of hydrogen-bond donors (Lipinski definition) is 2. The average molecular weight is 785 g/mol. The Morgan fingerprint density at radius 2 is 1.27 bits per heavy atom. The highest BCUT2D eigenvalue weighted by atomic mass is 35.5. The summed E-state index contributed by atoms with van der Waals surface area (Å²) in [5.41, 5.74) is 2.86. The summed E-state index contributed by atoms with van der Waals surface area (Å²) in [6.45, 7) is 5.13. The molecule has 1 aliphatic heterocycles. The van der Waals surface area contributed by atoms with Crippen molar-refractivity contribution < 1.29 is 56.0 Å². The zero-order valence-electron chi connectivity index (χ0n) is 30.1. The van der Waals surface area contributed by atoms with Gasteiger partial charge >= 0.3 is 24.3 Å². The topological polar surface area (TPSA) is 131 Å². The molecule has 0 spiro atoms. The average Bonchev–Trinajstić information content (AvgIpc) is 3.14. The summed E-state index contributed by atoms with van der Waals surface area (Å²) >= 11 is 5.95. The van der Waals surface area contributed by atoms with E-state index in [0.29, 0.717) is 16.3 Å². The molecule has 0 bridgehead atoms. The molecule has 0 saturated carbocycles. The number of esters is 1. The minimum absolute atomic E-state index is 0.00443. The Labute approximate surface area is 321 Å². The van der Waals surface area contributed by atoms with Crippen LogP contribution in [-0.2, 0) is 52.4 Å². The fourth-order valence-corrected chi connectivity index (χ4v) is 5.69. The second kappa shape index (κ2) is 18.9. The predicted octanol–water partition coefficient (Wildman–Crippen LogP) is 8.64. The lowest BCUT2D eigenvalue weighted by Crippen LogP contribution is -2.63. The van der Waals surface area contributed by atoms with Gasteiger partial charge in [0.25, 0.3) is 0 Å². The molecule has 0 radical (unpaired) electrons. The van der Waals surface area contributed by atoms with Crippen LogP contribution in [0.2, 0.25) is 5.02 Å². The lowest BCUT2D eigenvalue weighted by Gasteiger charge is -2.44. The molecule has 1 fully saturated rings. The molecule has 4 aromatic carbocycles. The lowest BCUT2D eigenvalue weighted by atomic mass is 9.98. The quantitative estimate of drug-likeness (QED) is 0.101. The van der Waals surface area contributed by atoms with Gasteiger partial charge in [-0.15, -0.1) is 0 Å². The van der Waals surface area contributed by atoms with E-state index in [4.69, 9.17) is 40.0 Å². The Morgan fingerprint density at radius 1 is 0.709 bits per heavy atom. The van der Waals surface area contributed by atoms with Crippen molar-refractivity contribution in [1.82, 2.24) is 0 Å². The van der Waals surface area contributed by atoms with Crippen LogP contribution in [0.5, 0.6) is 0 Å². The standard InChI is InChI=1S/C40H40ClF3N2O9/c1-4-50-37-36(51-22-27-11-7-25(3)8-12-27)35(55-39(49)46-30-17-13-28(14-18-30)40(42,43)44)34(54-33(47)21-26-9-5-24(2)6-10-26)32(53-37)23-52-38(48)45-31-19-15-29(41)16-20-31/h5-20,32,34-37H,4,21-23H2,1-3H3,(H,45,48)(H,46,49)/t32-,34-,35+,36-,37-/m1/s1. The third kappa shape index (κ3) is 12.2. The molecule has 0 unspecified atom stereocenters. The van der Waals surface area contributed by atoms with E-state index in [2.05, 4.69) is 10.6 Å². The summed E-state index contributed by atoms with van der Waals surface area (Å²) in [5.74, 6) is -0.725. The van der Waals surface area contributed by atoms with E-state index in [0.717, 1.165) is 41.0 Å². The Balaban J connectivity index is 1.45. The molecule has 15 heteroatoms. The van der Waals surface area contributed by atoms with Crippen LogP contribution in [0.4, 0.5) is 34.1 Å². The van der Waals surface area contributed by atoms with Gasteiger partial charge in [0.05, 0.1) is 18.6 Å². The van der Waals surface area contributed by atoms with E-state index in [1.165, 1.54) is 0 Å². The normalized spacial score (nSPS) is 19.6. The first-order chi connectivity index (χ1) is 26.3. The molecular formula is C40H40ClF3N2O9. The second-order valence-electron chi connectivity index (χ2n) is 12.7. The van der Waals surface area contributed by atoms with Crippen molar-refractivity contribution >= 4 is 41.1 Å². The summed E-state index contributed by atoms with van der Waals surface area (Å²) in [4.78, 5) is 39.9. The zero-order valence-corrected chi connectivity index (χ0v) is 30.9. The molecule has 5 rings (SSSR count). The third-order valence-electron chi connectivity index (χ3n) is 8.39. The maximum Gasteiger partial charge on any atom is 0.416 e. The van der Waals surface area contributed by atoms with Crippen molar-refractivity contribution in [3.05, 3.63) is 130 Å². The predicted molar refractivity (Wildman–Crippen MR) is 197 cm³/mol. The number of carbonyl (C=O) groups excluding carboxylic acids is 3. The van der Waals surface area contributed by atoms with Crippen molar-refractivity contribution in [2.24, 2.45) is 0 Å². The first-order valence-corrected chi connectivity index (χ1v) is 17.7. The number of benzene rings is 4. The number of nitrogens with one attached hydrogen (secondary N) is 2. The van der Waals surface area contributed by atoms with E-state index in [1.807, 2.05) is 50.2 Å². The van der Waals surface area contributed by atoms with Crippen LogP contribution in [0.1, 0.15) is 34.7 Å². The summed E-state index contributed by atoms with van der Waals surface area (Å²) in [7, 11) is 0. The maximum absolute atomic E-state index is 13.5. The highest BCUT2D eigenvalue weighted by Gasteiger charge is 2.52. The molecule has 55 heavy (non-hydrogen) atoms. The Kier molecular flexibility index (Phi) is 14.1. The molecule has 5 atom stereocenters. The van der Waals surface area contributed by atoms with E-state index in [-0.39, 0.29) is 25.3 Å². The van der Waals surface area contributed by atoms with Gasteiger partial charge in [-0.25, -0.2) is 9.59 Å². The van der Waals surface area contributed by atoms with Gasteiger partial charge in [-0.1, -0.05) is 71.3 Å². The fraction of sp³-hybridized carbons (Fsp3) is 0.325. The van der Waals surface area contributed by atoms with Crippen molar-refractivity contribution in [2.45, 2.75) is 70.7 Å². The summed E-state index contributed by atoms with van der Waals surface area (Å²) in [6, 6.07) is 24.7. The summed E-state index contributed by atoms with van der Waals surface area (Å²) in [5, 5.41) is 5.45. The van der Waals surface area contributed by atoms with Gasteiger partial charge in [0, 0.05) is 23.0 Å². The molecular weight excluding hydrogens is 745 g/mol. The SMILES string of the molecule is CCO[C@@H]1O[C@H](COC(=O)Nc2ccc(Cl)cc2)[C@@H](OC(=O)Cc2ccc(C)cc2)[C@H](OC(=O)Nc2ccc(C(F)(F)F)cc2)[C@H]1OCc1ccc(C)cc1. The van der Waals surface area contributed by atoms with Gasteiger partial charge < -0.3 is 28.4 Å². The van der Waals surface area contributed by atoms with Crippen molar-refractivity contribution in [2.75, 3.05) is 23.8 Å². The number of ether oxygens (including phenoxy) is 6. The van der Waals surface area contributed by atoms with Crippen LogP contribution in [0.3, 0.4) is 0 Å². The molecule has 4 aromatic rings. The number of amides is 2. The first kappa shape index (κ1) is 41.0. The highest BCUT2D eigenvalue weighted by molar-refractivity contribution is 6.30. The minimum atomic E-state index is -4.59. The molecule has 292 valence electrons. The fourth-order valence-electron chi connectivity index (χ4n) is 5.56. The van der Waals surface area contributed by atoms with Crippen LogP contribution < -0.4 is 10.6 Å². The van der Waals surface area contributed by atoms with Gasteiger partial charge in [-0.2, -0.15) is 13.2 Å². The minimum Gasteiger partial charge on any atom is -0.455 e. The molecule has 0 aromatic heterocycles. The molecule has 1 saturated heterocycles. The summed E-state index contributed by atoms with van der Waals surface area (Å²) < 4.78 is 75.4. The van der Waals surface area contributed by atoms with E-state index in [1.54, 1.807) is 43.3 Å². The molecule has 11 nitrogen and oxygen atoms in total. The van der Waals surface area contributed by atoms with Crippen LogP contribution >= 0.6 is 11.6 Å². The van der Waals surface area contributed by atoms with Crippen LogP contribution in [0, 0.1) is 13.8 Å². The van der Waals surface area contributed by atoms with Crippen LogP contribution in [0.25, 0.3) is 0 Å². The molecule has 2 amide bonds. The van der Waals surface area contributed by atoms with Gasteiger partial charge in [-0.05, 0) is 80.4 Å². The zero-order chi connectivity index (χ0) is 39.5. The Bertz CT molecular complexity index is 1880. The smallest absolute Gasteiger partial charge is 0.416 e. The van der Waals surface area contributed by atoms with E-state index >= 15 is 0 Å². The van der Waals surface area contributed by atoms with Gasteiger partial charge in [0.1, 0.15) is 18.8 Å². The monoisotopic (exact) mass is 784 g/mol. The van der Waals surface area contributed by atoms with E-state index in [9.17, 15) is 27.6 Å². The molecule has 2 N–H and O–H groups in total. The molecule has 1 heterocycles. The molecule has 1 aliphatic rings. The number of hydrogen-bond acceptors (Lipinski definition) is 9.